The van der Waals surface area contributed by atoms with Crippen molar-refractivity contribution in [3.8, 4) is 0 Å². The zero-order valence-electron chi connectivity index (χ0n) is 9.85. The Labute approximate surface area is 94.4 Å². The summed E-state index contributed by atoms with van der Waals surface area (Å²) in [6, 6.07) is 0. The maximum Gasteiger partial charge on any atom is 0.511 e. The highest BCUT2D eigenvalue weighted by atomic mass is 16.8. The van der Waals surface area contributed by atoms with Gasteiger partial charge in [0.2, 0.25) is 6.29 Å². The van der Waals surface area contributed by atoms with Gasteiger partial charge in [0.1, 0.15) is 11.7 Å². The zero-order chi connectivity index (χ0) is 12.3. The quantitative estimate of drug-likeness (QED) is 0.640. The lowest BCUT2D eigenvalue weighted by Crippen LogP contribution is -2.34. The molecule has 1 rings (SSSR count). The normalized spacial score (nSPS) is 25.4. The fourth-order valence-corrected chi connectivity index (χ4v) is 1.06. The molecular formula is C11H16O5. The summed E-state index contributed by atoms with van der Waals surface area (Å²) in [6.45, 7) is 6.80. The van der Waals surface area contributed by atoms with Gasteiger partial charge in [-0.1, -0.05) is 0 Å². The van der Waals surface area contributed by atoms with E-state index in [4.69, 9.17) is 14.2 Å². The summed E-state index contributed by atoms with van der Waals surface area (Å²) in [7, 11) is 0. The van der Waals surface area contributed by atoms with Crippen LogP contribution in [0.3, 0.4) is 0 Å². The monoisotopic (exact) mass is 228 g/mol. The Kier molecular flexibility index (Phi) is 3.70. The Bertz CT molecular complexity index is 313. The van der Waals surface area contributed by atoms with E-state index in [0.29, 0.717) is 0 Å². The lowest BCUT2D eigenvalue weighted by molar-refractivity contribution is -0.154. The highest BCUT2D eigenvalue weighted by Crippen LogP contribution is 2.14. The third kappa shape index (κ3) is 4.02. The predicted molar refractivity (Wildman–Crippen MR) is 55.8 cm³/mol. The van der Waals surface area contributed by atoms with E-state index in [1.54, 1.807) is 27.7 Å². The number of carbonyl (C=O) groups is 2. The summed E-state index contributed by atoms with van der Waals surface area (Å²) < 4.78 is 14.9. The van der Waals surface area contributed by atoms with E-state index < -0.39 is 24.2 Å². The fourth-order valence-electron chi connectivity index (χ4n) is 1.06. The second-order valence-electron chi connectivity index (χ2n) is 4.49. The first kappa shape index (κ1) is 12.7. The smallest absolute Gasteiger partial charge is 0.428 e. The molecule has 0 fully saturated rings. The highest BCUT2D eigenvalue weighted by Gasteiger charge is 2.26. The van der Waals surface area contributed by atoms with Gasteiger partial charge in [-0.15, -0.1) is 0 Å². The lowest BCUT2D eigenvalue weighted by Gasteiger charge is -2.24. The molecule has 16 heavy (non-hydrogen) atoms. The molecule has 0 saturated carbocycles. The van der Waals surface area contributed by atoms with Crippen LogP contribution in [0.4, 0.5) is 4.79 Å². The van der Waals surface area contributed by atoms with Gasteiger partial charge in [0.05, 0.1) is 0 Å². The minimum atomic E-state index is -0.859. The molecular weight excluding hydrogens is 212 g/mol. The highest BCUT2D eigenvalue weighted by molar-refractivity contribution is 5.93. The van der Waals surface area contributed by atoms with Crippen molar-refractivity contribution in [3.05, 3.63) is 12.2 Å². The number of rotatable bonds is 1. The summed E-state index contributed by atoms with van der Waals surface area (Å²) in [5.41, 5.74) is -0.614. The van der Waals surface area contributed by atoms with Crippen molar-refractivity contribution in [2.75, 3.05) is 0 Å². The first-order valence-corrected chi connectivity index (χ1v) is 5.05. The summed E-state index contributed by atoms with van der Waals surface area (Å²) in [5, 5.41) is 0. The van der Waals surface area contributed by atoms with Crippen molar-refractivity contribution in [2.24, 2.45) is 0 Å². The molecule has 0 spiro atoms. The molecule has 90 valence electrons. The van der Waals surface area contributed by atoms with Crippen molar-refractivity contribution in [3.63, 3.8) is 0 Å². The second kappa shape index (κ2) is 4.65. The van der Waals surface area contributed by atoms with Crippen LogP contribution in [0, 0.1) is 0 Å². The molecule has 0 aliphatic carbocycles. The Morgan fingerprint density at radius 2 is 2.06 bits per heavy atom. The van der Waals surface area contributed by atoms with Crippen LogP contribution in [0.15, 0.2) is 12.2 Å². The molecule has 2 unspecified atom stereocenters. The lowest BCUT2D eigenvalue weighted by atomic mass is 10.2. The van der Waals surface area contributed by atoms with Crippen molar-refractivity contribution >= 4 is 11.9 Å². The number of ether oxygens (including phenoxy) is 3. The molecule has 0 aromatic carbocycles. The molecule has 0 saturated heterocycles. The van der Waals surface area contributed by atoms with Crippen molar-refractivity contribution < 1.29 is 23.8 Å². The van der Waals surface area contributed by atoms with Gasteiger partial charge in [-0.05, 0) is 39.8 Å². The van der Waals surface area contributed by atoms with Gasteiger partial charge < -0.3 is 14.2 Å². The van der Waals surface area contributed by atoms with Gasteiger partial charge >= 0.3 is 6.16 Å². The topological polar surface area (TPSA) is 61.8 Å². The van der Waals surface area contributed by atoms with Gasteiger partial charge in [0.15, 0.2) is 5.78 Å². The summed E-state index contributed by atoms with van der Waals surface area (Å²) in [6.07, 6.45) is 0.443. The number of ketones is 1. The molecule has 1 aliphatic rings. The van der Waals surface area contributed by atoms with Crippen LogP contribution in [0.5, 0.6) is 0 Å². The molecule has 0 radical (unpaired) electrons. The Balaban J connectivity index is 2.47. The SMILES string of the molecule is CC1OC(OC(=O)OC(C)(C)C)C=CC1=O. The van der Waals surface area contributed by atoms with E-state index >= 15 is 0 Å². The largest absolute Gasteiger partial charge is 0.511 e. The Morgan fingerprint density at radius 3 is 2.56 bits per heavy atom. The summed E-state index contributed by atoms with van der Waals surface area (Å²) in [4.78, 5) is 22.3. The van der Waals surface area contributed by atoms with Gasteiger partial charge in [0, 0.05) is 0 Å². The summed E-state index contributed by atoms with van der Waals surface area (Å²) >= 11 is 0. The number of hydrogen-bond donors (Lipinski definition) is 0. The molecule has 1 aliphatic heterocycles. The van der Waals surface area contributed by atoms with E-state index in [9.17, 15) is 9.59 Å². The number of hydrogen-bond acceptors (Lipinski definition) is 5. The molecule has 0 amide bonds. The molecule has 0 N–H and O–H groups in total. The standard InChI is InChI=1S/C11H16O5/c1-7-8(12)5-6-9(14-7)15-10(13)16-11(2,3)4/h5-7,9H,1-4H3. The predicted octanol–water partition coefficient (Wildman–Crippen LogP) is 1.81. The number of carbonyl (C=O) groups excluding carboxylic acids is 2. The van der Waals surface area contributed by atoms with Gasteiger partial charge in [-0.25, -0.2) is 4.79 Å². The van der Waals surface area contributed by atoms with E-state index in [-0.39, 0.29) is 5.78 Å². The Morgan fingerprint density at radius 1 is 1.44 bits per heavy atom. The van der Waals surface area contributed by atoms with Gasteiger partial charge in [-0.2, -0.15) is 0 Å². The van der Waals surface area contributed by atoms with Crippen LogP contribution >= 0.6 is 0 Å². The van der Waals surface area contributed by atoms with Crippen LogP contribution in [-0.2, 0) is 19.0 Å². The molecule has 5 nitrogen and oxygen atoms in total. The Hall–Kier alpha value is -1.36. The average molecular weight is 228 g/mol. The molecule has 0 aromatic heterocycles. The minimum absolute atomic E-state index is 0.149. The maximum absolute atomic E-state index is 11.3. The summed E-state index contributed by atoms with van der Waals surface area (Å²) in [5.74, 6) is -0.149. The average Bonchev–Trinajstić information content (AvgIpc) is 2.08. The maximum atomic E-state index is 11.3. The van der Waals surface area contributed by atoms with Crippen molar-refractivity contribution in [2.45, 2.75) is 45.7 Å². The van der Waals surface area contributed by atoms with Crippen LogP contribution in [0.1, 0.15) is 27.7 Å². The minimum Gasteiger partial charge on any atom is -0.428 e. The van der Waals surface area contributed by atoms with E-state index in [1.807, 2.05) is 0 Å². The first-order chi connectivity index (χ1) is 7.28. The van der Waals surface area contributed by atoms with Crippen LogP contribution in [-0.4, -0.2) is 29.9 Å². The van der Waals surface area contributed by atoms with Crippen molar-refractivity contribution in [1.82, 2.24) is 0 Å². The van der Waals surface area contributed by atoms with Crippen LogP contribution < -0.4 is 0 Å². The third-order valence-corrected chi connectivity index (χ3v) is 1.76. The van der Waals surface area contributed by atoms with E-state index in [0.717, 1.165) is 0 Å². The molecule has 5 heteroatoms. The molecule has 0 aromatic rings. The van der Waals surface area contributed by atoms with E-state index in [1.165, 1.54) is 12.2 Å². The van der Waals surface area contributed by atoms with E-state index in [2.05, 4.69) is 0 Å². The van der Waals surface area contributed by atoms with Crippen molar-refractivity contribution in [1.29, 1.82) is 0 Å². The molecule has 0 bridgehead atoms. The first-order valence-electron chi connectivity index (χ1n) is 5.05. The second-order valence-corrected chi connectivity index (χ2v) is 4.49. The molecule has 2 atom stereocenters. The van der Waals surface area contributed by atoms with Gasteiger partial charge in [0.25, 0.3) is 0 Å². The van der Waals surface area contributed by atoms with Crippen LogP contribution in [0.25, 0.3) is 0 Å². The molecule has 1 heterocycles. The fraction of sp³-hybridized carbons (Fsp3) is 0.636. The van der Waals surface area contributed by atoms with Crippen LogP contribution in [0.2, 0.25) is 0 Å². The third-order valence-electron chi connectivity index (χ3n) is 1.76. The van der Waals surface area contributed by atoms with Gasteiger partial charge in [-0.3, -0.25) is 4.79 Å². The zero-order valence-corrected chi connectivity index (χ0v) is 9.85.